The molecule has 1 atom stereocenters. The van der Waals surface area contributed by atoms with Crippen molar-refractivity contribution in [1.82, 2.24) is 9.78 Å². The van der Waals surface area contributed by atoms with E-state index in [1.807, 2.05) is 11.8 Å². The van der Waals surface area contributed by atoms with E-state index in [0.29, 0.717) is 16.4 Å². The number of thioether (sulfide) groups is 1. The molecular weight excluding hydrogens is 338 g/mol. The lowest BCUT2D eigenvalue weighted by Gasteiger charge is -2.16. The molecule has 1 aliphatic carbocycles. The second-order valence-electron chi connectivity index (χ2n) is 5.33. The van der Waals surface area contributed by atoms with Gasteiger partial charge in [0.2, 0.25) is 0 Å². The van der Waals surface area contributed by atoms with Gasteiger partial charge in [-0.05, 0) is 59.5 Å². The Kier molecular flexibility index (Phi) is 5.96. The van der Waals surface area contributed by atoms with E-state index < -0.39 is 0 Å². The monoisotopic (exact) mass is 359 g/mol. The molecule has 0 saturated heterocycles. The first kappa shape index (κ1) is 15.9. The van der Waals surface area contributed by atoms with Crippen molar-refractivity contribution in [2.45, 2.75) is 45.7 Å². The highest BCUT2D eigenvalue weighted by atomic mass is 79.9. The van der Waals surface area contributed by atoms with Gasteiger partial charge in [-0.1, -0.05) is 6.92 Å². The van der Waals surface area contributed by atoms with Crippen molar-refractivity contribution < 1.29 is 0 Å². The smallest absolute Gasteiger partial charge is 0.283 e. The molecule has 20 heavy (non-hydrogen) atoms. The molecule has 1 fully saturated rings. The topological polar surface area (TPSA) is 46.9 Å². The molecule has 6 heteroatoms. The zero-order chi connectivity index (χ0) is 14.5. The number of nitrogens with zero attached hydrogens (tertiary/aromatic N) is 2. The second kappa shape index (κ2) is 7.50. The summed E-state index contributed by atoms with van der Waals surface area (Å²) in [4.78, 5) is 12.2. The number of hydrogen-bond donors (Lipinski definition) is 1. The Balaban J connectivity index is 1.97. The summed E-state index contributed by atoms with van der Waals surface area (Å²) in [6, 6.07) is 0.339. The predicted molar refractivity (Wildman–Crippen MR) is 89.6 cm³/mol. The lowest BCUT2D eigenvalue weighted by Crippen LogP contribution is -2.27. The van der Waals surface area contributed by atoms with Gasteiger partial charge in [-0.25, -0.2) is 4.68 Å². The van der Waals surface area contributed by atoms with Gasteiger partial charge < -0.3 is 5.32 Å². The van der Waals surface area contributed by atoms with Crippen LogP contribution in [0.4, 0.5) is 5.69 Å². The van der Waals surface area contributed by atoms with E-state index in [4.69, 9.17) is 0 Å². The summed E-state index contributed by atoms with van der Waals surface area (Å²) in [5, 5.41) is 7.65. The Bertz CT molecular complexity index is 502. The maximum absolute atomic E-state index is 12.2. The summed E-state index contributed by atoms with van der Waals surface area (Å²) < 4.78 is 2.17. The van der Waals surface area contributed by atoms with Crippen molar-refractivity contribution >= 4 is 33.4 Å². The van der Waals surface area contributed by atoms with Crippen molar-refractivity contribution in [1.29, 1.82) is 0 Å². The molecule has 1 aliphatic rings. The van der Waals surface area contributed by atoms with Gasteiger partial charge in [0.25, 0.3) is 5.56 Å². The van der Waals surface area contributed by atoms with Crippen molar-refractivity contribution in [2.75, 3.05) is 16.8 Å². The summed E-state index contributed by atoms with van der Waals surface area (Å²) in [7, 11) is 0. The number of anilines is 1. The Morgan fingerprint density at radius 3 is 3.00 bits per heavy atom. The molecule has 112 valence electrons. The zero-order valence-corrected chi connectivity index (χ0v) is 14.5. The fraction of sp³-hybridized carbons (Fsp3) is 0.714. The predicted octanol–water partition coefficient (Wildman–Crippen LogP) is 3.36. The highest BCUT2D eigenvalue weighted by molar-refractivity contribution is 9.10. The van der Waals surface area contributed by atoms with Crippen molar-refractivity contribution in [3.8, 4) is 0 Å². The van der Waals surface area contributed by atoms with Crippen LogP contribution in [-0.2, 0) is 6.54 Å². The maximum atomic E-state index is 12.2. The Hall–Kier alpha value is -0.490. The fourth-order valence-electron chi connectivity index (χ4n) is 1.98. The van der Waals surface area contributed by atoms with Gasteiger partial charge in [0.15, 0.2) is 0 Å². The van der Waals surface area contributed by atoms with Gasteiger partial charge in [-0.15, -0.1) is 0 Å². The molecule has 0 amide bonds. The highest BCUT2D eigenvalue weighted by Gasteiger charge is 2.23. The van der Waals surface area contributed by atoms with Gasteiger partial charge in [-0.3, -0.25) is 4.79 Å². The first-order chi connectivity index (χ1) is 9.61. The Morgan fingerprint density at radius 1 is 1.60 bits per heavy atom. The van der Waals surface area contributed by atoms with Crippen LogP contribution in [0.2, 0.25) is 0 Å². The lowest BCUT2D eigenvalue weighted by molar-refractivity contribution is 0.531. The van der Waals surface area contributed by atoms with Gasteiger partial charge in [0, 0.05) is 12.6 Å². The van der Waals surface area contributed by atoms with Gasteiger partial charge in [0.05, 0.1) is 11.9 Å². The lowest BCUT2D eigenvalue weighted by atomic mass is 10.2. The first-order valence-corrected chi connectivity index (χ1v) is 9.16. The second-order valence-corrected chi connectivity index (χ2v) is 7.52. The molecule has 2 rings (SSSR count). The number of hydrogen-bond acceptors (Lipinski definition) is 4. The minimum atomic E-state index is -0.0305. The summed E-state index contributed by atoms with van der Waals surface area (Å²) >= 11 is 5.35. The molecule has 0 spiro atoms. The Morgan fingerprint density at radius 2 is 2.35 bits per heavy atom. The van der Waals surface area contributed by atoms with Crippen molar-refractivity contribution in [3.63, 3.8) is 0 Å². The highest BCUT2D eigenvalue weighted by Crippen LogP contribution is 2.30. The minimum absolute atomic E-state index is 0.0305. The molecule has 1 saturated carbocycles. The molecule has 0 aromatic carbocycles. The number of rotatable bonds is 8. The van der Waals surface area contributed by atoms with Crippen LogP contribution in [-0.4, -0.2) is 27.3 Å². The van der Waals surface area contributed by atoms with Crippen molar-refractivity contribution in [2.24, 2.45) is 5.92 Å². The van der Waals surface area contributed by atoms with Crippen LogP contribution in [0.5, 0.6) is 0 Å². The van der Waals surface area contributed by atoms with Crippen LogP contribution in [0.3, 0.4) is 0 Å². The summed E-state index contributed by atoms with van der Waals surface area (Å²) in [6.07, 6.45) is 5.28. The van der Waals surface area contributed by atoms with Crippen LogP contribution in [0.1, 0.15) is 33.1 Å². The standard InChI is InChI=1S/C14H22BrN3OS/c1-3-20-7-6-10(2)17-12-8-16-18(9-11-4-5-11)14(19)13(12)15/h8,10-11,17H,3-7,9H2,1-2H3. The quantitative estimate of drug-likeness (QED) is 0.722. The van der Waals surface area contributed by atoms with Crippen LogP contribution >= 0.6 is 27.7 Å². The van der Waals surface area contributed by atoms with Crippen molar-refractivity contribution in [3.05, 3.63) is 21.0 Å². The van der Waals surface area contributed by atoms with Gasteiger partial charge in [-0.2, -0.15) is 16.9 Å². The molecule has 1 aromatic heterocycles. The average Bonchev–Trinajstić information content (AvgIpc) is 3.23. The normalized spacial score (nSPS) is 16.1. The summed E-state index contributed by atoms with van der Waals surface area (Å²) in [5.41, 5.74) is 0.771. The fourth-order valence-corrected chi connectivity index (χ4v) is 3.21. The Labute approximate surface area is 132 Å². The van der Waals surface area contributed by atoms with E-state index >= 15 is 0 Å². The van der Waals surface area contributed by atoms with Crippen LogP contribution in [0, 0.1) is 5.92 Å². The number of aromatic nitrogens is 2. The van der Waals surface area contributed by atoms with E-state index in [2.05, 4.69) is 40.2 Å². The molecule has 1 aromatic rings. The van der Waals surface area contributed by atoms with E-state index in [1.165, 1.54) is 12.8 Å². The SMILES string of the molecule is CCSCCC(C)Nc1cnn(CC2CC2)c(=O)c1Br. The minimum Gasteiger partial charge on any atom is -0.380 e. The van der Waals surface area contributed by atoms with Gasteiger partial charge >= 0.3 is 0 Å². The maximum Gasteiger partial charge on any atom is 0.283 e. The molecule has 1 heterocycles. The molecular formula is C14H22BrN3OS. The van der Waals surface area contributed by atoms with E-state index in [0.717, 1.165) is 30.2 Å². The van der Waals surface area contributed by atoms with Crippen LogP contribution in [0.25, 0.3) is 0 Å². The zero-order valence-electron chi connectivity index (χ0n) is 12.1. The first-order valence-electron chi connectivity index (χ1n) is 7.21. The molecule has 1 N–H and O–H groups in total. The van der Waals surface area contributed by atoms with Gasteiger partial charge in [0.1, 0.15) is 4.47 Å². The van der Waals surface area contributed by atoms with Crippen LogP contribution in [0.15, 0.2) is 15.5 Å². The largest absolute Gasteiger partial charge is 0.380 e. The molecule has 0 bridgehead atoms. The van der Waals surface area contributed by atoms with E-state index in [9.17, 15) is 4.79 Å². The molecule has 0 aliphatic heterocycles. The third-order valence-corrected chi connectivity index (χ3v) is 5.11. The van der Waals surface area contributed by atoms with Crippen LogP contribution < -0.4 is 10.9 Å². The number of nitrogens with one attached hydrogen (secondary N) is 1. The third kappa shape index (κ3) is 4.52. The molecule has 4 nitrogen and oxygen atoms in total. The molecule has 1 unspecified atom stereocenters. The summed E-state index contributed by atoms with van der Waals surface area (Å²) in [5.74, 6) is 2.93. The summed E-state index contributed by atoms with van der Waals surface area (Å²) in [6.45, 7) is 5.06. The molecule has 0 radical (unpaired) electrons. The average molecular weight is 360 g/mol. The van der Waals surface area contributed by atoms with E-state index in [-0.39, 0.29) is 5.56 Å². The third-order valence-electron chi connectivity index (χ3n) is 3.41. The number of halogens is 1. The van der Waals surface area contributed by atoms with E-state index in [1.54, 1.807) is 10.9 Å².